The number of aliphatic hydroxyl groups is 2. The van der Waals surface area contributed by atoms with E-state index in [1.807, 2.05) is 0 Å². The molecule has 0 aliphatic heterocycles. The second-order valence-electron chi connectivity index (χ2n) is 7.49. The molecule has 1 fully saturated rings. The Morgan fingerprint density at radius 1 is 1.24 bits per heavy atom. The summed E-state index contributed by atoms with van der Waals surface area (Å²) in [5.41, 5.74) is 0.702. The molecule has 1 atom stereocenters. The molecule has 0 unspecified atom stereocenters. The minimum absolute atomic E-state index is 0.162. The molecule has 180 valence electrons. The molecule has 0 bridgehead atoms. The molecule has 2 heterocycles. The second-order valence-corrected chi connectivity index (χ2v) is 10.7. The van der Waals surface area contributed by atoms with E-state index in [2.05, 4.69) is 20.4 Å². The van der Waals surface area contributed by atoms with Crippen LogP contribution >= 0.6 is 11.3 Å². The van der Waals surface area contributed by atoms with Gasteiger partial charge < -0.3 is 19.8 Å². The molecule has 3 aromatic rings. The molecule has 13 heteroatoms. The first kappa shape index (κ1) is 24.0. The number of aliphatic hydroxyl groups excluding tert-OH is 2. The van der Waals surface area contributed by atoms with E-state index in [0.29, 0.717) is 34.6 Å². The molecule has 1 saturated carbocycles. The molecule has 1 amide bonds. The number of oxime groups is 1. The van der Waals surface area contributed by atoms with Crippen molar-refractivity contribution in [1.82, 2.24) is 9.97 Å². The number of pyridine rings is 1. The molecule has 0 radical (unpaired) electrons. The number of anilines is 1. The summed E-state index contributed by atoms with van der Waals surface area (Å²) in [4.78, 5) is 27.4. The number of benzene rings is 1. The summed E-state index contributed by atoms with van der Waals surface area (Å²) in [6, 6.07) is 9.12. The zero-order valence-corrected chi connectivity index (χ0v) is 19.7. The highest BCUT2D eigenvalue weighted by atomic mass is 32.2. The Balaban J connectivity index is 1.58. The van der Waals surface area contributed by atoms with Crippen molar-refractivity contribution < 1.29 is 33.0 Å². The minimum Gasteiger partial charge on any atom is -0.481 e. The number of aromatic nitrogens is 2. The summed E-state index contributed by atoms with van der Waals surface area (Å²) >= 11 is 1.13. The first-order valence-corrected chi connectivity index (χ1v) is 12.6. The summed E-state index contributed by atoms with van der Waals surface area (Å²) in [7, 11) is -1.89. The number of hydrogen-bond donors (Lipinski definition) is 3. The van der Waals surface area contributed by atoms with Crippen molar-refractivity contribution in [2.75, 3.05) is 25.6 Å². The van der Waals surface area contributed by atoms with Gasteiger partial charge in [0.15, 0.2) is 20.7 Å². The summed E-state index contributed by atoms with van der Waals surface area (Å²) in [5.74, 6) is -0.254. The number of nitrogens with zero attached hydrogens (tertiary/aromatic N) is 3. The first-order valence-electron chi connectivity index (χ1n) is 10.3. The fourth-order valence-corrected chi connectivity index (χ4v) is 5.44. The normalized spacial score (nSPS) is 15.2. The number of fused-ring (bicyclic) bond motifs is 1. The molecule has 11 nitrogen and oxygen atoms in total. The van der Waals surface area contributed by atoms with E-state index in [4.69, 9.17) is 14.7 Å². The summed E-state index contributed by atoms with van der Waals surface area (Å²) in [6.07, 6.45) is 0.108. The molecule has 4 rings (SSSR count). The van der Waals surface area contributed by atoms with E-state index < -0.39 is 28.5 Å². The van der Waals surface area contributed by atoms with Crippen LogP contribution in [0.1, 0.15) is 18.4 Å². The van der Waals surface area contributed by atoms with Crippen molar-refractivity contribution in [1.29, 1.82) is 0 Å². The van der Waals surface area contributed by atoms with Crippen LogP contribution in [0.4, 0.5) is 5.13 Å². The van der Waals surface area contributed by atoms with Crippen LogP contribution in [0.15, 0.2) is 46.4 Å². The summed E-state index contributed by atoms with van der Waals surface area (Å²) < 4.78 is 30.0. The van der Waals surface area contributed by atoms with E-state index in [-0.39, 0.29) is 27.6 Å². The Hall–Kier alpha value is -3.13. The van der Waals surface area contributed by atoms with Crippen LogP contribution in [0.3, 0.4) is 0 Å². The number of carbonyl (C=O) groups excluding carboxylic acids is 1. The van der Waals surface area contributed by atoms with Crippen LogP contribution in [0, 0.1) is 0 Å². The number of carbonyl (C=O) groups is 1. The van der Waals surface area contributed by atoms with Crippen LogP contribution in [-0.2, 0) is 19.5 Å². The lowest BCUT2D eigenvalue weighted by Crippen LogP contribution is -2.25. The molecule has 0 spiro atoms. The fraction of sp³-hybridized carbons (Fsp3) is 0.333. The smallest absolute Gasteiger partial charge is 0.280 e. The van der Waals surface area contributed by atoms with Gasteiger partial charge in [-0.1, -0.05) is 28.6 Å². The van der Waals surface area contributed by atoms with E-state index in [0.717, 1.165) is 11.3 Å². The van der Waals surface area contributed by atoms with Crippen LogP contribution in [-0.4, -0.2) is 71.9 Å². The molecule has 1 aliphatic rings. The van der Waals surface area contributed by atoms with Gasteiger partial charge in [0.25, 0.3) is 5.91 Å². The third kappa shape index (κ3) is 5.33. The van der Waals surface area contributed by atoms with E-state index in [9.17, 15) is 18.3 Å². The van der Waals surface area contributed by atoms with Gasteiger partial charge in [0.05, 0.1) is 23.9 Å². The van der Waals surface area contributed by atoms with Crippen LogP contribution < -0.4 is 10.1 Å². The topological polar surface area (TPSA) is 160 Å². The van der Waals surface area contributed by atoms with Gasteiger partial charge in [-0.2, -0.15) is 0 Å². The number of amides is 1. The Morgan fingerprint density at radius 2 is 1.97 bits per heavy atom. The molecule has 0 saturated heterocycles. The van der Waals surface area contributed by atoms with Crippen molar-refractivity contribution in [2.45, 2.75) is 29.1 Å². The molecular weight excluding hydrogens is 484 g/mol. The maximum atomic E-state index is 13.0. The lowest BCUT2D eigenvalue weighted by molar-refractivity contribution is -0.110. The standard InChI is InChI=1S/C21H22N4O7S2/c1-31-17-9-8-16-20(23-17)33-21(22-16)24-19(28)18(25-32-11-13(27)10-26)12-2-4-14(5-3-12)34(29,30)15-6-7-15/h2-5,8-9,13,15,26-27H,6-7,10-11H2,1H3,(H,22,24,28)/t13-/m1/s1. The summed E-state index contributed by atoms with van der Waals surface area (Å²) in [6.45, 7) is -0.876. The van der Waals surface area contributed by atoms with Gasteiger partial charge in [0, 0.05) is 11.6 Å². The van der Waals surface area contributed by atoms with E-state index >= 15 is 0 Å². The number of ether oxygens (including phenoxy) is 1. The zero-order chi connectivity index (χ0) is 24.3. The third-order valence-electron chi connectivity index (χ3n) is 4.93. The Bertz CT molecular complexity index is 1320. The fourth-order valence-electron chi connectivity index (χ4n) is 2.96. The Kier molecular flexibility index (Phi) is 7.07. The second kappa shape index (κ2) is 10.0. The molecule has 2 aromatic heterocycles. The highest BCUT2D eigenvalue weighted by molar-refractivity contribution is 7.92. The van der Waals surface area contributed by atoms with Crippen LogP contribution in [0.5, 0.6) is 5.88 Å². The molecule has 3 N–H and O–H groups in total. The quantitative estimate of drug-likeness (QED) is 0.272. The van der Waals surface area contributed by atoms with Crippen molar-refractivity contribution in [3.63, 3.8) is 0 Å². The van der Waals surface area contributed by atoms with Gasteiger partial charge in [-0.3, -0.25) is 10.1 Å². The first-order chi connectivity index (χ1) is 16.3. The van der Waals surface area contributed by atoms with Crippen molar-refractivity contribution >= 4 is 48.3 Å². The largest absolute Gasteiger partial charge is 0.481 e. The van der Waals surface area contributed by atoms with E-state index in [1.165, 1.54) is 31.4 Å². The third-order valence-corrected chi connectivity index (χ3v) is 8.09. The van der Waals surface area contributed by atoms with Gasteiger partial charge in [-0.25, -0.2) is 18.4 Å². The van der Waals surface area contributed by atoms with Gasteiger partial charge in [-0.05, 0) is 31.0 Å². The average molecular weight is 507 g/mol. The number of sulfone groups is 1. The zero-order valence-electron chi connectivity index (χ0n) is 18.0. The molecular formula is C21H22N4O7S2. The van der Waals surface area contributed by atoms with Gasteiger partial charge >= 0.3 is 0 Å². The monoisotopic (exact) mass is 506 g/mol. The predicted octanol–water partition coefficient (Wildman–Crippen LogP) is 1.35. The number of hydrogen-bond acceptors (Lipinski definition) is 11. The maximum Gasteiger partial charge on any atom is 0.280 e. The van der Waals surface area contributed by atoms with Gasteiger partial charge in [-0.15, -0.1) is 0 Å². The highest BCUT2D eigenvalue weighted by Gasteiger charge is 2.36. The maximum absolute atomic E-state index is 13.0. The number of methoxy groups -OCH3 is 1. The van der Waals surface area contributed by atoms with Gasteiger partial charge in [0.2, 0.25) is 5.88 Å². The molecule has 34 heavy (non-hydrogen) atoms. The van der Waals surface area contributed by atoms with E-state index in [1.54, 1.807) is 12.1 Å². The van der Waals surface area contributed by atoms with Crippen LogP contribution in [0.25, 0.3) is 10.3 Å². The lowest BCUT2D eigenvalue weighted by atomic mass is 10.1. The Labute approximate surface area is 199 Å². The SMILES string of the molecule is COc1ccc2nc(NC(=O)C(=NOC[C@H](O)CO)c3ccc(S(=O)(=O)C4CC4)cc3)sc2n1. The summed E-state index contributed by atoms with van der Waals surface area (Å²) in [5, 5.41) is 24.8. The number of thiazole rings is 1. The lowest BCUT2D eigenvalue weighted by Gasteiger charge is -2.09. The van der Waals surface area contributed by atoms with Crippen molar-refractivity contribution in [2.24, 2.45) is 5.16 Å². The predicted molar refractivity (Wildman–Crippen MR) is 125 cm³/mol. The van der Waals surface area contributed by atoms with Gasteiger partial charge in [0.1, 0.15) is 23.1 Å². The Morgan fingerprint density at radius 3 is 2.62 bits per heavy atom. The number of rotatable bonds is 10. The molecule has 1 aromatic carbocycles. The highest BCUT2D eigenvalue weighted by Crippen LogP contribution is 2.33. The molecule has 1 aliphatic carbocycles. The van der Waals surface area contributed by atoms with Crippen molar-refractivity contribution in [3.05, 3.63) is 42.0 Å². The minimum atomic E-state index is -3.39. The van der Waals surface area contributed by atoms with Crippen LogP contribution in [0.2, 0.25) is 0 Å². The average Bonchev–Trinajstić information content (AvgIpc) is 3.62. The number of nitrogens with one attached hydrogen (secondary N) is 1. The van der Waals surface area contributed by atoms with Crippen molar-refractivity contribution in [3.8, 4) is 5.88 Å².